The van der Waals surface area contributed by atoms with Gasteiger partial charge in [0.15, 0.2) is 10.4 Å². The lowest BCUT2D eigenvalue weighted by molar-refractivity contribution is 0.0830. The van der Waals surface area contributed by atoms with Crippen LogP contribution in [0.15, 0.2) is 45.5 Å². The Kier molecular flexibility index (Phi) is 4.64. The molecule has 0 unspecified atom stereocenters. The number of benzene rings is 1. The van der Waals surface area contributed by atoms with Crippen LogP contribution in [-0.2, 0) is 0 Å². The molecule has 0 aliphatic rings. The number of hydrazine groups is 1. The highest BCUT2D eigenvalue weighted by molar-refractivity contribution is 9.10. The predicted octanol–water partition coefficient (Wildman–Crippen LogP) is 2.18. The van der Waals surface area contributed by atoms with Crippen LogP contribution in [0.4, 0.5) is 5.69 Å². The van der Waals surface area contributed by atoms with Crippen LogP contribution in [0.25, 0.3) is 0 Å². The summed E-state index contributed by atoms with van der Waals surface area (Å²) in [5.74, 6) is -0.834. The first-order valence-corrected chi connectivity index (χ1v) is 6.90. The fraction of sp³-hybridized carbons (Fsp3) is 0.143. The topological polar surface area (TPSA) is 74.6 Å². The van der Waals surface area contributed by atoms with E-state index in [0.717, 1.165) is 5.69 Å². The van der Waals surface area contributed by atoms with Gasteiger partial charge in [0.1, 0.15) is 0 Å². The van der Waals surface area contributed by atoms with Crippen molar-refractivity contribution >= 4 is 33.4 Å². The molecule has 0 bridgehead atoms. The molecule has 6 nitrogen and oxygen atoms in total. The van der Waals surface area contributed by atoms with E-state index in [9.17, 15) is 9.59 Å². The minimum atomic E-state index is -0.530. The summed E-state index contributed by atoms with van der Waals surface area (Å²) < 4.78 is 5.52. The Morgan fingerprint density at radius 3 is 2.43 bits per heavy atom. The van der Waals surface area contributed by atoms with Gasteiger partial charge in [0, 0.05) is 25.3 Å². The lowest BCUT2D eigenvalue weighted by atomic mass is 10.2. The highest BCUT2D eigenvalue weighted by Gasteiger charge is 2.12. The molecule has 110 valence electrons. The number of hydrogen-bond donors (Lipinski definition) is 2. The van der Waals surface area contributed by atoms with Gasteiger partial charge in [-0.25, -0.2) is 0 Å². The highest BCUT2D eigenvalue weighted by Crippen LogP contribution is 2.14. The smallest absolute Gasteiger partial charge is 0.305 e. The first kappa shape index (κ1) is 15.1. The second-order valence-corrected chi connectivity index (χ2v) is 5.24. The van der Waals surface area contributed by atoms with Crippen molar-refractivity contribution < 1.29 is 14.0 Å². The Hall–Kier alpha value is -2.28. The van der Waals surface area contributed by atoms with E-state index >= 15 is 0 Å². The van der Waals surface area contributed by atoms with Crippen molar-refractivity contribution in [2.75, 3.05) is 19.0 Å². The van der Waals surface area contributed by atoms with Crippen molar-refractivity contribution in [2.45, 2.75) is 0 Å². The number of halogens is 1. The highest BCUT2D eigenvalue weighted by atomic mass is 79.9. The van der Waals surface area contributed by atoms with Crippen molar-refractivity contribution in [2.24, 2.45) is 0 Å². The second-order valence-electron chi connectivity index (χ2n) is 4.46. The van der Waals surface area contributed by atoms with Gasteiger partial charge in [0.25, 0.3) is 5.91 Å². The van der Waals surface area contributed by atoms with Gasteiger partial charge in [-0.3, -0.25) is 20.4 Å². The van der Waals surface area contributed by atoms with Crippen molar-refractivity contribution in [1.82, 2.24) is 10.9 Å². The third-order valence-electron chi connectivity index (χ3n) is 2.71. The van der Waals surface area contributed by atoms with Crippen LogP contribution in [0.5, 0.6) is 0 Å². The average molecular weight is 352 g/mol. The zero-order chi connectivity index (χ0) is 15.4. The molecule has 2 N–H and O–H groups in total. The van der Waals surface area contributed by atoms with Crippen molar-refractivity contribution in [1.29, 1.82) is 0 Å². The summed E-state index contributed by atoms with van der Waals surface area (Å²) >= 11 is 3.10. The molecule has 2 aromatic rings. The number of nitrogens with one attached hydrogen (secondary N) is 2. The Bertz CT molecular complexity index is 667. The third-order valence-corrected chi connectivity index (χ3v) is 3.14. The molecule has 1 aromatic heterocycles. The van der Waals surface area contributed by atoms with Crippen LogP contribution in [0.2, 0.25) is 0 Å². The molecule has 2 rings (SSSR count). The minimum Gasteiger partial charge on any atom is -0.444 e. The summed E-state index contributed by atoms with van der Waals surface area (Å²) in [5, 5.41) is 0. The minimum absolute atomic E-state index is 0.101. The maximum atomic E-state index is 12.0. The number of carbonyl (C=O) groups is 2. The van der Waals surface area contributed by atoms with Crippen LogP contribution < -0.4 is 15.8 Å². The van der Waals surface area contributed by atoms with Gasteiger partial charge in [0.05, 0.1) is 0 Å². The number of hydrogen-bond acceptors (Lipinski definition) is 4. The summed E-state index contributed by atoms with van der Waals surface area (Å²) in [5.41, 5.74) is 5.97. The van der Waals surface area contributed by atoms with E-state index in [1.807, 2.05) is 25.1 Å². The predicted molar refractivity (Wildman–Crippen MR) is 82.1 cm³/mol. The quantitative estimate of drug-likeness (QED) is 0.831. The van der Waals surface area contributed by atoms with Gasteiger partial charge < -0.3 is 9.32 Å². The summed E-state index contributed by atoms with van der Waals surface area (Å²) in [4.78, 5) is 25.6. The van der Waals surface area contributed by atoms with E-state index < -0.39 is 11.8 Å². The van der Waals surface area contributed by atoms with Crippen LogP contribution >= 0.6 is 15.9 Å². The molecule has 7 heteroatoms. The lowest BCUT2D eigenvalue weighted by Crippen LogP contribution is -2.41. The number of amides is 2. The van der Waals surface area contributed by atoms with Crippen molar-refractivity contribution in [3.63, 3.8) is 0 Å². The van der Waals surface area contributed by atoms with E-state index in [0.29, 0.717) is 10.2 Å². The SMILES string of the molecule is CN(C)c1cccc(C(=O)NNC(=O)c2ccc(Br)o2)c1. The molecule has 1 aromatic carbocycles. The van der Waals surface area contributed by atoms with Crippen LogP contribution in [0.1, 0.15) is 20.9 Å². The van der Waals surface area contributed by atoms with E-state index in [1.54, 1.807) is 24.3 Å². The molecule has 2 amide bonds. The molecule has 1 heterocycles. The molecule has 0 spiro atoms. The molecule has 21 heavy (non-hydrogen) atoms. The first-order valence-electron chi connectivity index (χ1n) is 6.11. The Labute approximate surface area is 130 Å². The van der Waals surface area contributed by atoms with Gasteiger partial charge in [-0.1, -0.05) is 6.07 Å². The Balaban J connectivity index is 1.98. The number of nitrogens with zero attached hydrogens (tertiary/aromatic N) is 1. The van der Waals surface area contributed by atoms with Crippen molar-refractivity contribution in [3.8, 4) is 0 Å². The molecule has 0 saturated carbocycles. The van der Waals surface area contributed by atoms with Gasteiger partial charge in [-0.05, 0) is 46.3 Å². The van der Waals surface area contributed by atoms with Gasteiger partial charge in [-0.2, -0.15) is 0 Å². The normalized spacial score (nSPS) is 10.0. The number of rotatable bonds is 3. The zero-order valence-electron chi connectivity index (χ0n) is 11.5. The Morgan fingerprint density at radius 2 is 1.81 bits per heavy atom. The molecule has 0 saturated heterocycles. The average Bonchev–Trinajstić information content (AvgIpc) is 2.91. The molecule has 0 radical (unpaired) electrons. The van der Waals surface area contributed by atoms with Gasteiger partial charge in [-0.15, -0.1) is 0 Å². The maximum Gasteiger partial charge on any atom is 0.305 e. The molecule has 0 fully saturated rings. The van der Waals surface area contributed by atoms with Crippen LogP contribution in [0, 0.1) is 0 Å². The maximum absolute atomic E-state index is 12.0. The van der Waals surface area contributed by atoms with Crippen molar-refractivity contribution in [3.05, 3.63) is 52.4 Å². The number of anilines is 1. The molecule has 0 aliphatic heterocycles. The van der Waals surface area contributed by atoms with E-state index in [4.69, 9.17) is 4.42 Å². The Morgan fingerprint density at radius 1 is 1.10 bits per heavy atom. The molecular formula is C14H14BrN3O3. The fourth-order valence-corrected chi connectivity index (χ4v) is 1.92. The summed E-state index contributed by atoms with van der Waals surface area (Å²) in [6, 6.07) is 10.1. The fourth-order valence-electron chi connectivity index (χ4n) is 1.61. The number of carbonyl (C=O) groups excluding carboxylic acids is 2. The van der Waals surface area contributed by atoms with Crippen LogP contribution in [0.3, 0.4) is 0 Å². The largest absolute Gasteiger partial charge is 0.444 e. The summed E-state index contributed by atoms with van der Waals surface area (Å²) in [7, 11) is 3.77. The summed E-state index contributed by atoms with van der Waals surface area (Å²) in [6.07, 6.45) is 0. The van der Waals surface area contributed by atoms with Gasteiger partial charge >= 0.3 is 5.91 Å². The molecular weight excluding hydrogens is 338 g/mol. The standard InChI is InChI=1S/C14H14BrN3O3/c1-18(2)10-5-3-4-9(8-10)13(19)16-17-14(20)11-6-7-12(15)21-11/h3-8H,1-2H3,(H,16,19)(H,17,20). The van der Waals surface area contributed by atoms with Crippen LogP contribution in [-0.4, -0.2) is 25.9 Å². The number of furan rings is 1. The molecule has 0 atom stereocenters. The first-order chi connectivity index (χ1) is 9.97. The summed E-state index contributed by atoms with van der Waals surface area (Å²) in [6.45, 7) is 0. The van der Waals surface area contributed by atoms with E-state index in [-0.39, 0.29) is 5.76 Å². The molecule has 0 aliphatic carbocycles. The van der Waals surface area contributed by atoms with E-state index in [2.05, 4.69) is 26.8 Å². The zero-order valence-corrected chi connectivity index (χ0v) is 13.1. The van der Waals surface area contributed by atoms with Gasteiger partial charge in [0.2, 0.25) is 0 Å². The lowest BCUT2D eigenvalue weighted by Gasteiger charge is -2.13. The third kappa shape index (κ3) is 3.85. The van der Waals surface area contributed by atoms with E-state index in [1.165, 1.54) is 6.07 Å². The second kappa shape index (κ2) is 6.45. The monoisotopic (exact) mass is 351 g/mol.